The first-order valence-electron chi connectivity index (χ1n) is 8.05. The summed E-state index contributed by atoms with van der Waals surface area (Å²) in [4.78, 5) is 42.2. The van der Waals surface area contributed by atoms with Crippen LogP contribution < -0.4 is 5.32 Å². The number of hydrogen-bond acceptors (Lipinski definition) is 5. The molecule has 4 rings (SSSR count). The van der Waals surface area contributed by atoms with E-state index in [1.165, 1.54) is 18.3 Å². The van der Waals surface area contributed by atoms with E-state index in [0.717, 1.165) is 4.90 Å². The van der Waals surface area contributed by atoms with Gasteiger partial charge in [0, 0.05) is 12.4 Å². The predicted octanol–water partition coefficient (Wildman–Crippen LogP) is 2.81. The zero-order chi connectivity index (χ0) is 19.8. The summed E-state index contributed by atoms with van der Waals surface area (Å²) in [6.07, 6.45) is 4.82. The molecule has 1 aliphatic heterocycles. The maximum absolute atomic E-state index is 12.4. The minimum Gasteiger partial charge on any atom is -0.323 e. The molecule has 10 heteroatoms. The lowest BCUT2D eigenvalue weighted by Crippen LogP contribution is -2.37. The molecule has 0 spiro atoms. The molecule has 28 heavy (non-hydrogen) atoms. The van der Waals surface area contributed by atoms with Crippen LogP contribution in [0.1, 0.15) is 20.7 Å². The highest BCUT2D eigenvalue weighted by atomic mass is 35.5. The first kappa shape index (κ1) is 18.1. The van der Waals surface area contributed by atoms with Crippen LogP contribution in [0, 0.1) is 0 Å². The van der Waals surface area contributed by atoms with E-state index in [9.17, 15) is 14.4 Å². The Hall–Kier alpha value is -3.23. The molecule has 0 aliphatic carbocycles. The number of carbonyl (C=O) groups excluding carboxylic acids is 3. The van der Waals surface area contributed by atoms with Crippen molar-refractivity contribution >= 4 is 46.6 Å². The number of aromatic nitrogens is 3. The summed E-state index contributed by atoms with van der Waals surface area (Å²) in [7, 11) is 0. The van der Waals surface area contributed by atoms with Gasteiger partial charge in [-0.15, -0.1) is 0 Å². The quantitative estimate of drug-likeness (QED) is 0.660. The summed E-state index contributed by atoms with van der Waals surface area (Å²) >= 11 is 11.8. The smallest absolute Gasteiger partial charge is 0.262 e. The van der Waals surface area contributed by atoms with Gasteiger partial charge in [-0.05, 0) is 30.3 Å². The second kappa shape index (κ2) is 7.06. The second-order valence-electron chi connectivity index (χ2n) is 5.91. The van der Waals surface area contributed by atoms with Crippen molar-refractivity contribution in [2.45, 2.75) is 0 Å². The van der Waals surface area contributed by atoms with Crippen LogP contribution in [0.5, 0.6) is 0 Å². The number of nitrogens with zero attached hydrogens (tertiary/aromatic N) is 4. The van der Waals surface area contributed by atoms with Gasteiger partial charge in [-0.2, -0.15) is 5.10 Å². The average Bonchev–Trinajstić information content (AvgIpc) is 3.28. The van der Waals surface area contributed by atoms with Crippen molar-refractivity contribution in [3.05, 3.63) is 70.1 Å². The molecular weight excluding hydrogens is 405 g/mol. The van der Waals surface area contributed by atoms with Crippen LogP contribution in [0.25, 0.3) is 5.82 Å². The van der Waals surface area contributed by atoms with Gasteiger partial charge in [0.05, 0.1) is 33.1 Å². The fourth-order valence-electron chi connectivity index (χ4n) is 2.77. The molecule has 1 aromatic carbocycles. The third kappa shape index (κ3) is 3.23. The van der Waals surface area contributed by atoms with Gasteiger partial charge in [0.25, 0.3) is 11.8 Å². The molecule has 0 unspecified atom stereocenters. The van der Waals surface area contributed by atoms with Crippen molar-refractivity contribution in [1.29, 1.82) is 0 Å². The van der Waals surface area contributed by atoms with Gasteiger partial charge >= 0.3 is 0 Å². The first-order chi connectivity index (χ1) is 13.4. The highest BCUT2D eigenvalue weighted by molar-refractivity contribution is 6.43. The van der Waals surface area contributed by atoms with E-state index in [-0.39, 0.29) is 21.2 Å². The number of carbonyl (C=O) groups is 3. The number of hydrogen-bond donors (Lipinski definition) is 1. The van der Waals surface area contributed by atoms with Crippen LogP contribution in [0.2, 0.25) is 10.0 Å². The molecule has 0 fully saturated rings. The Morgan fingerprint density at radius 2 is 1.75 bits per heavy atom. The summed E-state index contributed by atoms with van der Waals surface area (Å²) in [6, 6.07) is 7.74. The Morgan fingerprint density at radius 1 is 1.07 bits per heavy atom. The topological polar surface area (TPSA) is 97.2 Å². The van der Waals surface area contributed by atoms with E-state index >= 15 is 0 Å². The number of benzene rings is 1. The molecule has 140 valence electrons. The molecule has 3 heterocycles. The van der Waals surface area contributed by atoms with Gasteiger partial charge in [-0.1, -0.05) is 23.2 Å². The summed E-state index contributed by atoms with van der Waals surface area (Å²) in [5.74, 6) is -1.15. The Morgan fingerprint density at radius 3 is 2.29 bits per heavy atom. The average molecular weight is 416 g/mol. The van der Waals surface area contributed by atoms with E-state index in [2.05, 4.69) is 15.4 Å². The molecular formula is C18H11Cl2N5O3. The van der Waals surface area contributed by atoms with Crippen molar-refractivity contribution in [2.75, 3.05) is 11.9 Å². The van der Waals surface area contributed by atoms with E-state index < -0.39 is 24.3 Å². The molecule has 3 aromatic rings. The Kier molecular flexibility index (Phi) is 4.58. The lowest BCUT2D eigenvalue weighted by molar-refractivity contribution is -0.116. The number of imide groups is 1. The SMILES string of the molecule is O=C(CN1C(=O)c2cc(Cl)c(Cl)cc2C1=O)Nc1ccc(-n2cccn2)nc1. The monoisotopic (exact) mass is 415 g/mol. The van der Waals surface area contributed by atoms with Crippen molar-refractivity contribution in [3.63, 3.8) is 0 Å². The van der Waals surface area contributed by atoms with Crippen molar-refractivity contribution in [1.82, 2.24) is 19.7 Å². The molecule has 0 saturated heterocycles. The maximum Gasteiger partial charge on any atom is 0.262 e. The third-order valence-electron chi connectivity index (χ3n) is 4.08. The molecule has 1 aliphatic rings. The predicted molar refractivity (Wildman–Crippen MR) is 102 cm³/mol. The number of amides is 3. The first-order valence-corrected chi connectivity index (χ1v) is 8.81. The second-order valence-corrected chi connectivity index (χ2v) is 6.73. The van der Waals surface area contributed by atoms with Crippen LogP contribution in [-0.4, -0.2) is 43.9 Å². The van der Waals surface area contributed by atoms with Gasteiger partial charge in [0.15, 0.2) is 5.82 Å². The fraction of sp³-hybridized carbons (Fsp3) is 0.0556. The number of pyridine rings is 1. The van der Waals surface area contributed by atoms with Crippen LogP contribution in [0.3, 0.4) is 0 Å². The largest absolute Gasteiger partial charge is 0.323 e. The van der Waals surface area contributed by atoms with Crippen LogP contribution in [0.15, 0.2) is 48.9 Å². The number of anilines is 1. The number of nitrogens with one attached hydrogen (secondary N) is 1. The van der Waals surface area contributed by atoms with E-state index in [4.69, 9.17) is 23.2 Å². The number of fused-ring (bicyclic) bond motifs is 1. The molecule has 0 bridgehead atoms. The summed E-state index contributed by atoms with van der Waals surface area (Å²) in [5, 5.41) is 6.99. The molecule has 3 amide bonds. The summed E-state index contributed by atoms with van der Waals surface area (Å²) in [5.41, 5.74) is 0.665. The highest BCUT2D eigenvalue weighted by Crippen LogP contribution is 2.31. The third-order valence-corrected chi connectivity index (χ3v) is 4.81. The van der Waals surface area contributed by atoms with Crippen molar-refractivity contribution in [2.24, 2.45) is 0 Å². The molecule has 1 N–H and O–H groups in total. The molecule has 8 nitrogen and oxygen atoms in total. The zero-order valence-corrected chi connectivity index (χ0v) is 15.6. The summed E-state index contributed by atoms with van der Waals surface area (Å²) < 4.78 is 1.57. The fourth-order valence-corrected chi connectivity index (χ4v) is 3.10. The minimum atomic E-state index is -0.596. The normalized spacial score (nSPS) is 13.0. The Labute approximate surface area is 168 Å². The van der Waals surface area contributed by atoms with Gasteiger partial charge in [0.1, 0.15) is 6.54 Å². The van der Waals surface area contributed by atoms with E-state index in [1.807, 2.05) is 0 Å². The maximum atomic E-state index is 12.4. The lowest BCUT2D eigenvalue weighted by atomic mass is 10.1. The van der Waals surface area contributed by atoms with Crippen LogP contribution >= 0.6 is 23.2 Å². The molecule has 0 radical (unpaired) electrons. The Balaban J connectivity index is 1.45. The van der Waals surface area contributed by atoms with E-state index in [1.54, 1.807) is 35.3 Å². The van der Waals surface area contributed by atoms with Crippen molar-refractivity contribution in [3.8, 4) is 5.82 Å². The van der Waals surface area contributed by atoms with Gasteiger partial charge in [-0.25, -0.2) is 9.67 Å². The van der Waals surface area contributed by atoms with Crippen LogP contribution in [0.4, 0.5) is 5.69 Å². The Bertz CT molecular complexity index is 1060. The highest BCUT2D eigenvalue weighted by Gasteiger charge is 2.37. The van der Waals surface area contributed by atoms with Gasteiger partial charge in [-0.3, -0.25) is 19.3 Å². The lowest BCUT2D eigenvalue weighted by Gasteiger charge is -2.13. The molecule has 0 atom stereocenters. The van der Waals surface area contributed by atoms with Crippen molar-refractivity contribution < 1.29 is 14.4 Å². The molecule has 2 aromatic heterocycles. The zero-order valence-electron chi connectivity index (χ0n) is 14.1. The van der Waals surface area contributed by atoms with Crippen LogP contribution in [-0.2, 0) is 4.79 Å². The van der Waals surface area contributed by atoms with Gasteiger partial charge < -0.3 is 5.32 Å². The minimum absolute atomic E-state index is 0.123. The number of rotatable bonds is 4. The van der Waals surface area contributed by atoms with E-state index in [0.29, 0.717) is 11.5 Å². The van der Waals surface area contributed by atoms with Gasteiger partial charge in [0.2, 0.25) is 5.91 Å². The summed E-state index contributed by atoms with van der Waals surface area (Å²) in [6.45, 7) is -0.442. The number of halogens is 2. The standard InChI is InChI=1S/C18H11Cl2N5O3/c19-13-6-11-12(7-14(13)20)18(28)24(17(11)27)9-16(26)23-10-2-3-15(21-8-10)25-5-1-4-22-25/h1-8H,9H2,(H,23,26). The molecule has 0 saturated carbocycles.